The van der Waals surface area contributed by atoms with Crippen molar-refractivity contribution in [1.82, 2.24) is 9.80 Å². The summed E-state index contributed by atoms with van der Waals surface area (Å²) in [5.74, 6) is -0.0203. The maximum Gasteiger partial charge on any atom is 0.257 e. The van der Waals surface area contributed by atoms with E-state index >= 15 is 0 Å². The van der Waals surface area contributed by atoms with E-state index in [0.717, 1.165) is 31.5 Å². The largest absolute Gasteiger partial charge is 0.472 e. The number of hydrogen-bond donors (Lipinski definition) is 1. The van der Waals surface area contributed by atoms with Gasteiger partial charge in [0.2, 0.25) is 0 Å². The summed E-state index contributed by atoms with van der Waals surface area (Å²) in [6.07, 6.45) is 5.86. The van der Waals surface area contributed by atoms with Crippen molar-refractivity contribution < 1.29 is 14.3 Å². The fraction of sp³-hybridized carbons (Fsp3) is 0.450. The lowest BCUT2D eigenvalue weighted by atomic mass is 9.79. The summed E-state index contributed by atoms with van der Waals surface area (Å²) in [5, 5.41) is 11.6. The maximum atomic E-state index is 12.7. The number of aliphatic hydroxyl groups is 1. The van der Waals surface area contributed by atoms with Gasteiger partial charge < -0.3 is 14.4 Å². The zero-order valence-electron chi connectivity index (χ0n) is 14.3. The van der Waals surface area contributed by atoms with Crippen molar-refractivity contribution in [2.45, 2.75) is 30.9 Å². The molecule has 0 unspecified atom stereocenters. The minimum absolute atomic E-state index is 0.0203. The Labute approximate surface area is 147 Å². The SMILES string of the molecule is O=C(c1ccoc1)N1CC[C@](O)(c2ccccc2)[C@H](N2CCCC2)C1. The number of benzene rings is 1. The van der Waals surface area contributed by atoms with Crippen LogP contribution in [0.25, 0.3) is 0 Å². The third-order valence-electron chi connectivity index (χ3n) is 5.62. The number of amides is 1. The Morgan fingerprint density at radius 1 is 1.12 bits per heavy atom. The number of rotatable bonds is 3. The smallest absolute Gasteiger partial charge is 0.257 e. The van der Waals surface area contributed by atoms with Gasteiger partial charge in [-0.1, -0.05) is 30.3 Å². The molecule has 1 amide bonds. The van der Waals surface area contributed by atoms with Gasteiger partial charge in [-0.2, -0.15) is 0 Å². The van der Waals surface area contributed by atoms with E-state index in [1.165, 1.54) is 12.5 Å². The van der Waals surface area contributed by atoms with Crippen molar-refractivity contribution in [2.24, 2.45) is 0 Å². The number of furan rings is 1. The predicted octanol–water partition coefficient (Wildman–Crippen LogP) is 2.48. The molecule has 1 aromatic carbocycles. The van der Waals surface area contributed by atoms with Gasteiger partial charge in [0.1, 0.15) is 11.9 Å². The van der Waals surface area contributed by atoms with Crippen molar-refractivity contribution in [3.63, 3.8) is 0 Å². The molecule has 2 aliphatic heterocycles. The summed E-state index contributed by atoms with van der Waals surface area (Å²) in [7, 11) is 0. The molecule has 0 spiro atoms. The highest BCUT2D eigenvalue weighted by Gasteiger charge is 2.47. The molecule has 2 fully saturated rings. The molecule has 0 aliphatic carbocycles. The highest BCUT2D eigenvalue weighted by Crippen LogP contribution is 2.37. The number of hydrogen-bond acceptors (Lipinski definition) is 4. The van der Waals surface area contributed by atoms with Crippen LogP contribution in [-0.2, 0) is 5.60 Å². The molecule has 2 aromatic rings. The highest BCUT2D eigenvalue weighted by atomic mass is 16.3. The summed E-state index contributed by atoms with van der Waals surface area (Å²) >= 11 is 0. The average Bonchev–Trinajstić information content (AvgIpc) is 3.36. The minimum Gasteiger partial charge on any atom is -0.472 e. The molecule has 3 heterocycles. The number of carbonyl (C=O) groups is 1. The molecule has 5 nitrogen and oxygen atoms in total. The van der Waals surface area contributed by atoms with Crippen LogP contribution in [0.2, 0.25) is 0 Å². The van der Waals surface area contributed by atoms with Gasteiger partial charge in [0.05, 0.1) is 17.9 Å². The van der Waals surface area contributed by atoms with Crippen molar-refractivity contribution in [3.8, 4) is 0 Å². The molecule has 25 heavy (non-hydrogen) atoms. The molecular formula is C20H24N2O3. The zero-order valence-corrected chi connectivity index (χ0v) is 14.3. The van der Waals surface area contributed by atoms with Crippen LogP contribution in [-0.4, -0.2) is 53.0 Å². The fourth-order valence-corrected chi connectivity index (χ4v) is 4.21. The van der Waals surface area contributed by atoms with Gasteiger partial charge in [0, 0.05) is 13.1 Å². The van der Waals surface area contributed by atoms with Crippen LogP contribution in [0.5, 0.6) is 0 Å². The lowest BCUT2D eigenvalue weighted by molar-refractivity contribution is -0.0878. The number of piperidine rings is 1. The van der Waals surface area contributed by atoms with Crippen molar-refractivity contribution in [2.75, 3.05) is 26.2 Å². The van der Waals surface area contributed by atoms with Crippen LogP contribution in [0.3, 0.4) is 0 Å². The summed E-state index contributed by atoms with van der Waals surface area (Å²) in [4.78, 5) is 16.9. The molecule has 1 N–H and O–H groups in total. The molecular weight excluding hydrogens is 316 g/mol. The van der Waals surface area contributed by atoms with Crippen molar-refractivity contribution in [3.05, 3.63) is 60.1 Å². The van der Waals surface area contributed by atoms with Gasteiger partial charge in [0.25, 0.3) is 5.91 Å². The second-order valence-electron chi connectivity index (χ2n) is 7.06. The van der Waals surface area contributed by atoms with Crippen LogP contribution in [0.15, 0.2) is 53.3 Å². The third-order valence-corrected chi connectivity index (χ3v) is 5.62. The number of nitrogens with zero attached hydrogens (tertiary/aromatic N) is 2. The van der Waals surface area contributed by atoms with Gasteiger partial charge in [-0.3, -0.25) is 9.69 Å². The van der Waals surface area contributed by atoms with E-state index in [-0.39, 0.29) is 11.9 Å². The van der Waals surface area contributed by atoms with Gasteiger partial charge in [-0.05, 0) is 44.0 Å². The highest BCUT2D eigenvalue weighted by molar-refractivity contribution is 5.93. The minimum atomic E-state index is -0.918. The first-order valence-corrected chi connectivity index (χ1v) is 9.02. The molecule has 0 radical (unpaired) electrons. The van der Waals surface area contributed by atoms with Crippen molar-refractivity contribution >= 4 is 5.91 Å². The summed E-state index contributed by atoms with van der Waals surface area (Å²) in [5.41, 5.74) is 0.603. The van der Waals surface area contributed by atoms with E-state index in [1.54, 1.807) is 6.07 Å². The van der Waals surface area contributed by atoms with Gasteiger partial charge in [-0.15, -0.1) is 0 Å². The fourth-order valence-electron chi connectivity index (χ4n) is 4.21. The van der Waals surface area contributed by atoms with Crippen LogP contribution in [0, 0.1) is 0 Å². The molecule has 2 aliphatic rings. The molecule has 0 saturated carbocycles. The van der Waals surface area contributed by atoms with E-state index in [9.17, 15) is 9.90 Å². The van der Waals surface area contributed by atoms with Gasteiger partial charge in [0.15, 0.2) is 0 Å². The standard InChI is InChI=1S/C20H24N2O3/c23-19(16-8-13-25-15-16)22-12-9-20(24,17-6-2-1-3-7-17)18(14-22)21-10-4-5-11-21/h1-3,6-8,13,15,18,24H,4-5,9-12,14H2/t18-,20+/m1/s1. The van der Waals surface area contributed by atoms with Crippen LogP contribution < -0.4 is 0 Å². The summed E-state index contributed by atoms with van der Waals surface area (Å²) in [6.45, 7) is 3.04. The van der Waals surface area contributed by atoms with Crippen LogP contribution in [0.1, 0.15) is 35.2 Å². The molecule has 132 valence electrons. The van der Waals surface area contributed by atoms with Crippen LogP contribution in [0.4, 0.5) is 0 Å². The Kier molecular flexibility index (Phi) is 4.36. The average molecular weight is 340 g/mol. The second kappa shape index (κ2) is 6.65. The Morgan fingerprint density at radius 2 is 1.88 bits per heavy atom. The summed E-state index contributed by atoms with van der Waals surface area (Å²) < 4.78 is 5.06. The quantitative estimate of drug-likeness (QED) is 0.933. The van der Waals surface area contributed by atoms with E-state index in [1.807, 2.05) is 35.2 Å². The molecule has 5 heteroatoms. The Morgan fingerprint density at radius 3 is 2.56 bits per heavy atom. The first kappa shape index (κ1) is 16.4. The number of likely N-dealkylation sites (tertiary alicyclic amines) is 2. The maximum absolute atomic E-state index is 12.7. The molecule has 2 atom stereocenters. The zero-order chi connectivity index (χ0) is 17.3. The number of carbonyl (C=O) groups excluding carboxylic acids is 1. The summed E-state index contributed by atoms with van der Waals surface area (Å²) in [6, 6.07) is 11.5. The monoisotopic (exact) mass is 340 g/mol. The lowest BCUT2D eigenvalue weighted by Gasteiger charge is -2.48. The van der Waals surface area contributed by atoms with Crippen molar-refractivity contribution in [1.29, 1.82) is 0 Å². The normalized spacial score (nSPS) is 27.6. The van der Waals surface area contributed by atoms with E-state index in [2.05, 4.69) is 4.90 Å². The molecule has 1 aromatic heterocycles. The van der Waals surface area contributed by atoms with E-state index < -0.39 is 5.60 Å². The molecule has 4 rings (SSSR count). The third kappa shape index (κ3) is 2.98. The molecule has 2 saturated heterocycles. The van der Waals surface area contributed by atoms with Gasteiger partial charge in [-0.25, -0.2) is 0 Å². The van der Waals surface area contributed by atoms with E-state index in [4.69, 9.17) is 4.42 Å². The van der Waals surface area contributed by atoms with E-state index in [0.29, 0.717) is 25.1 Å². The van der Waals surface area contributed by atoms with Crippen LogP contribution >= 0.6 is 0 Å². The first-order valence-electron chi connectivity index (χ1n) is 9.02. The lowest BCUT2D eigenvalue weighted by Crippen LogP contribution is -2.61. The molecule has 0 bridgehead atoms. The first-order chi connectivity index (χ1) is 12.2. The Hall–Kier alpha value is -2.11. The predicted molar refractivity (Wildman–Crippen MR) is 94.2 cm³/mol. The second-order valence-corrected chi connectivity index (χ2v) is 7.06. The topological polar surface area (TPSA) is 56.9 Å². The Bertz CT molecular complexity index is 710. The Balaban J connectivity index is 1.62. The van der Waals surface area contributed by atoms with Gasteiger partial charge >= 0.3 is 0 Å².